The molecule has 0 saturated carbocycles. The van der Waals surface area contributed by atoms with Crippen LogP contribution < -0.4 is 0 Å². The second-order valence-electron chi connectivity index (χ2n) is 5.50. The van der Waals surface area contributed by atoms with Crippen LogP contribution in [-0.2, 0) is 0 Å². The van der Waals surface area contributed by atoms with Gasteiger partial charge in [0.25, 0.3) is 0 Å². The zero-order valence-electron chi connectivity index (χ0n) is 14.2. The van der Waals surface area contributed by atoms with Gasteiger partial charge in [0, 0.05) is 0 Å². The Morgan fingerprint density at radius 2 is 1.55 bits per heavy atom. The fraction of sp³-hybridized carbons (Fsp3) is 0.182. The summed E-state index contributed by atoms with van der Waals surface area (Å²) in [4.78, 5) is 0. The zero-order chi connectivity index (χ0) is 16.5. The molecule has 114 valence electrons. The van der Waals surface area contributed by atoms with Crippen molar-refractivity contribution in [2.24, 2.45) is 0 Å². The molecule has 0 aliphatic carbocycles. The molecule has 0 aliphatic heterocycles. The van der Waals surface area contributed by atoms with Gasteiger partial charge in [-0.3, -0.25) is 0 Å². The van der Waals surface area contributed by atoms with Gasteiger partial charge in [0.05, 0.1) is 0 Å². The number of aryl methyl sites for hydroxylation is 1. The number of allylic oxidation sites excluding steroid dienone is 10. The lowest BCUT2D eigenvalue weighted by Crippen LogP contribution is -1.89. The van der Waals surface area contributed by atoms with Gasteiger partial charge in [0.2, 0.25) is 0 Å². The van der Waals surface area contributed by atoms with Crippen LogP contribution in [0.25, 0.3) is 5.57 Å². The normalized spacial score (nSPS) is 11.5. The Labute approximate surface area is 135 Å². The first kappa shape index (κ1) is 17.7. The molecule has 1 aromatic rings. The SMILES string of the molecule is C=C(/C=C\C=C/C)C(=C)/C=C\C(=C(C)C)c1ccccc1C. The summed E-state index contributed by atoms with van der Waals surface area (Å²) >= 11 is 0. The fourth-order valence-electron chi connectivity index (χ4n) is 2.08. The average Bonchev–Trinajstić information content (AvgIpc) is 2.48. The topological polar surface area (TPSA) is 0 Å². The highest BCUT2D eigenvalue weighted by atomic mass is 14.1. The molecular weight excluding hydrogens is 264 g/mol. The summed E-state index contributed by atoms with van der Waals surface area (Å²) in [6.45, 7) is 16.5. The number of benzene rings is 1. The van der Waals surface area contributed by atoms with Gasteiger partial charge in [0.1, 0.15) is 0 Å². The van der Waals surface area contributed by atoms with Gasteiger partial charge in [-0.2, -0.15) is 0 Å². The number of hydrogen-bond donors (Lipinski definition) is 0. The van der Waals surface area contributed by atoms with Crippen LogP contribution in [0.5, 0.6) is 0 Å². The molecule has 0 fully saturated rings. The Morgan fingerprint density at radius 3 is 2.14 bits per heavy atom. The number of rotatable bonds is 6. The van der Waals surface area contributed by atoms with Gasteiger partial charge in [-0.25, -0.2) is 0 Å². The fourth-order valence-corrected chi connectivity index (χ4v) is 2.08. The first-order valence-corrected chi connectivity index (χ1v) is 7.56. The molecule has 0 bridgehead atoms. The highest BCUT2D eigenvalue weighted by molar-refractivity contribution is 5.78. The minimum absolute atomic E-state index is 0.923. The van der Waals surface area contributed by atoms with Crippen molar-refractivity contribution in [3.05, 3.63) is 102 Å². The van der Waals surface area contributed by atoms with Crippen LogP contribution >= 0.6 is 0 Å². The maximum Gasteiger partial charge on any atom is -0.0155 e. The third-order valence-corrected chi connectivity index (χ3v) is 3.44. The van der Waals surface area contributed by atoms with E-state index < -0.39 is 0 Å². The van der Waals surface area contributed by atoms with Crippen molar-refractivity contribution in [1.82, 2.24) is 0 Å². The van der Waals surface area contributed by atoms with Crippen LogP contribution in [0.3, 0.4) is 0 Å². The summed E-state index contributed by atoms with van der Waals surface area (Å²) in [5, 5.41) is 0. The van der Waals surface area contributed by atoms with E-state index >= 15 is 0 Å². The largest absolute Gasteiger partial charge is 0.0912 e. The standard InChI is InChI=1S/C22H26/c1-7-8-9-12-18(4)19(5)15-16-21(17(2)3)22-14-11-10-13-20(22)6/h7-16H,4-5H2,1-3,6H3/b8-7-,12-9-,16-15-. The van der Waals surface area contributed by atoms with Gasteiger partial charge in [-0.05, 0) is 55.5 Å². The summed E-state index contributed by atoms with van der Waals surface area (Å²) in [5.74, 6) is 0. The zero-order valence-corrected chi connectivity index (χ0v) is 14.2. The van der Waals surface area contributed by atoms with Crippen LogP contribution in [0.4, 0.5) is 0 Å². The van der Waals surface area contributed by atoms with Crippen LogP contribution in [-0.4, -0.2) is 0 Å². The maximum absolute atomic E-state index is 4.10. The van der Waals surface area contributed by atoms with E-state index in [0.717, 1.165) is 11.1 Å². The quantitative estimate of drug-likeness (QED) is 0.518. The molecule has 0 atom stereocenters. The summed E-state index contributed by atoms with van der Waals surface area (Å²) in [6.07, 6.45) is 12.1. The Balaban J connectivity index is 2.99. The van der Waals surface area contributed by atoms with E-state index in [9.17, 15) is 0 Å². The van der Waals surface area contributed by atoms with E-state index in [-0.39, 0.29) is 0 Å². The van der Waals surface area contributed by atoms with Gasteiger partial charge >= 0.3 is 0 Å². The Morgan fingerprint density at radius 1 is 0.909 bits per heavy atom. The molecule has 0 amide bonds. The first-order valence-electron chi connectivity index (χ1n) is 7.56. The van der Waals surface area contributed by atoms with Gasteiger partial charge in [-0.1, -0.05) is 79.5 Å². The van der Waals surface area contributed by atoms with Crippen molar-refractivity contribution in [3.8, 4) is 0 Å². The molecular formula is C22H26. The average molecular weight is 290 g/mol. The third kappa shape index (κ3) is 5.21. The molecule has 22 heavy (non-hydrogen) atoms. The van der Waals surface area contributed by atoms with Crippen LogP contribution in [0.2, 0.25) is 0 Å². The van der Waals surface area contributed by atoms with E-state index in [0.29, 0.717) is 0 Å². The van der Waals surface area contributed by atoms with Crippen LogP contribution in [0, 0.1) is 6.92 Å². The van der Waals surface area contributed by atoms with Crippen molar-refractivity contribution < 1.29 is 0 Å². The van der Waals surface area contributed by atoms with Gasteiger partial charge in [0.15, 0.2) is 0 Å². The van der Waals surface area contributed by atoms with E-state index in [1.807, 2.05) is 37.3 Å². The predicted octanol–water partition coefficient (Wildman–Crippen LogP) is 6.59. The highest BCUT2D eigenvalue weighted by Gasteiger charge is 2.03. The minimum Gasteiger partial charge on any atom is -0.0912 e. The molecule has 0 aliphatic rings. The van der Waals surface area contributed by atoms with Gasteiger partial charge in [-0.15, -0.1) is 0 Å². The van der Waals surface area contributed by atoms with Crippen molar-refractivity contribution in [3.63, 3.8) is 0 Å². The van der Waals surface area contributed by atoms with Crippen LogP contribution in [0.15, 0.2) is 90.6 Å². The van der Waals surface area contributed by atoms with E-state index in [2.05, 4.69) is 64.3 Å². The summed E-state index contributed by atoms with van der Waals surface area (Å²) in [5.41, 5.74) is 6.92. The van der Waals surface area contributed by atoms with E-state index in [4.69, 9.17) is 0 Å². The van der Waals surface area contributed by atoms with Crippen LogP contribution in [0.1, 0.15) is 31.9 Å². The van der Waals surface area contributed by atoms with Crippen molar-refractivity contribution in [2.75, 3.05) is 0 Å². The molecule has 0 saturated heterocycles. The van der Waals surface area contributed by atoms with Crippen molar-refractivity contribution >= 4 is 5.57 Å². The van der Waals surface area contributed by atoms with Crippen molar-refractivity contribution in [1.29, 1.82) is 0 Å². The monoisotopic (exact) mass is 290 g/mol. The Bertz CT molecular complexity index is 657. The summed E-state index contributed by atoms with van der Waals surface area (Å²) < 4.78 is 0. The lowest BCUT2D eigenvalue weighted by atomic mass is 9.95. The van der Waals surface area contributed by atoms with E-state index in [1.54, 1.807) is 0 Å². The second-order valence-corrected chi connectivity index (χ2v) is 5.50. The van der Waals surface area contributed by atoms with E-state index in [1.165, 1.54) is 22.3 Å². The predicted molar refractivity (Wildman–Crippen MR) is 101 cm³/mol. The second kappa shape index (κ2) is 8.84. The Hall–Kier alpha value is -2.34. The molecule has 1 aromatic carbocycles. The minimum atomic E-state index is 0.923. The highest BCUT2D eigenvalue weighted by Crippen LogP contribution is 2.24. The molecule has 1 rings (SSSR count). The molecule has 0 radical (unpaired) electrons. The molecule has 0 nitrogen and oxygen atoms in total. The molecule has 0 heterocycles. The molecule has 0 N–H and O–H groups in total. The smallest absolute Gasteiger partial charge is 0.0155 e. The molecule has 0 aromatic heterocycles. The molecule has 0 spiro atoms. The summed E-state index contributed by atoms with van der Waals surface area (Å²) in [7, 11) is 0. The molecule has 0 unspecified atom stereocenters. The third-order valence-electron chi connectivity index (χ3n) is 3.44. The molecule has 0 heteroatoms. The Kier molecular flexibility index (Phi) is 7.12. The maximum atomic E-state index is 4.10. The first-order chi connectivity index (χ1) is 10.5. The summed E-state index contributed by atoms with van der Waals surface area (Å²) in [6, 6.07) is 8.44. The lowest BCUT2D eigenvalue weighted by Gasteiger charge is -2.09. The van der Waals surface area contributed by atoms with Gasteiger partial charge < -0.3 is 0 Å². The van der Waals surface area contributed by atoms with Crippen molar-refractivity contribution in [2.45, 2.75) is 27.7 Å². The lowest BCUT2D eigenvalue weighted by molar-refractivity contribution is 1.36. The number of hydrogen-bond acceptors (Lipinski definition) is 0.